The van der Waals surface area contributed by atoms with Crippen molar-refractivity contribution in [2.75, 3.05) is 6.61 Å². The molecule has 0 aliphatic carbocycles. The van der Waals surface area contributed by atoms with E-state index in [-0.39, 0.29) is 11.5 Å². The highest BCUT2D eigenvalue weighted by atomic mass is 79.9. The first-order chi connectivity index (χ1) is 7.54. The minimum absolute atomic E-state index is 0.105. The van der Waals surface area contributed by atoms with Gasteiger partial charge in [0.2, 0.25) is 0 Å². The molecule has 0 unspecified atom stereocenters. The van der Waals surface area contributed by atoms with E-state index >= 15 is 0 Å². The van der Waals surface area contributed by atoms with Crippen molar-refractivity contribution < 1.29 is 14.6 Å². The summed E-state index contributed by atoms with van der Waals surface area (Å²) in [5, 5.41) is 9.69. The Morgan fingerprint density at radius 1 is 1.50 bits per heavy atom. The Balaban J connectivity index is 2.90. The molecule has 1 rings (SSSR count). The Labute approximate surface area is 104 Å². The number of aromatic hydroxyl groups is 1. The van der Waals surface area contributed by atoms with Gasteiger partial charge in [0.05, 0.1) is 11.1 Å². The van der Waals surface area contributed by atoms with Crippen molar-refractivity contribution >= 4 is 21.7 Å². The third-order valence-electron chi connectivity index (χ3n) is 2.15. The highest BCUT2D eigenvalue weighted by Crippen LogP contribution is 2.35. The number of halogens is 1. The van der Waals surface area contributed by atoms with Crippen LogP contribution >= 0.6 is 15.9 Å². The maximum absolute atomic E-state index is 10.9. The number of phenolic OH excluding ortho intramolecular Hbond substituents is 1. The largest absolute Gasteiger partial charge is 0.503 e. The second kappa shape index (κ2) is 5.89. The molecule has 0 atom stereocenters. The number of ketones is 1. The molecule has 0 aliphatic heterocycles. The molecule has 0 bridgehead atoms. The van der Waals surface area contributed by atoms with Gasteiger partial charge in [0.25, 0.3) is 0 Å². The van der Waals surface area contributed by atoms with Crippen molar-refractivity contribution in [3.63, 3.8) is 0 Å². The Kier molecular flexibility index (Phi) is 4.80. The van der Waals surface area contributed by atoms with Crippen molar-refractivity contribution in [2.45, 2.75) is 26.7 Å². The lowest BCUT2D eigenvalue weighted by Crippen LogP contribution is -1.97. The van der Waals surface area contributed by atoms with Gasteiger partial charge >= 0.3 is 0 Å². The van der Waals surface area contributed by atoms with E-state index in [2.05, 4.69) is 15.9 Å². The van der Waals surface area contributed by atoms with Crippen LogP contribution in [0.4, 0.5) is 0 Å². The summed E-state index contributed by atoms with van der Waals surface area (Å²) in [6.45, 7) is 3.92. The van der Waals surface area contributed by atoms with Gasteiger partial charge in [-0.1, -0.05) is 0 Å². The number of ether oxygens (including phenoxy) is 1. The lowest BCUT2D eigenvalue weighted by molar-refractivity contribution is -0.116. The van der Waals surface area contributed by atoms with Crippen molar-refractivity contribution in [1.82, 2.24) is 0 Å². The highest BCUT2D eigenvalue weighted by molar-refractivity contribution is 9.10. The quantitative estimate of drug-likeness (QED) is 0.905. The molecule has 0 saturated carbocycles. The molecule has 1 N–H and O–H groups in total. The maximum Gasteiger partial charge on any atom is 0.172 e. The number of hydrogen-bond acceptors (Lipinski definition) is 3. The van der Waals surface area contributed by atoms with Gasteiger partial charge in [-0.05, 0) is 53.9 Å². The normalized spacial score (nSPS) is 10.2. The first kappa shape index (κ1) is 13.0. The summed E-state index contributed by atoms with van der Waals surface area (Å²) >= 11 is 3.26. The lowest BCUT2D eigenvalue weighted by Gasteiger charge is -2.09. The molecule has 0 saturated heterocycles. The number of benzene rings is 1. The Morgan fingerprint density at radius 2 is 2.19 bits per heavy atom. The zero-order valence-corrected chi connectivity index (χ0v) is 11.0. The molecule has 0 fully saturated rings. The SMILES string of the molecule is CCOc1cc(CCC(C)=O)cc(Br)c1O. The van der Waals surface area contributed by atoms with Gasteiger partial charge in [-0.3, -0.25) is 0 Å². The molecule has 0 amide bonds. The standard InChI is InChI=1S/C12H15BrO3/c1-3-16-11-7-9(5-4-8(2)14)6-10(13)12(11)15/h6-7,15H,3-5H2,1-2H3. The van der Waals surface area contributed by atoms with Gasteiger partial charge < -0.3 is 14.6 Å². The molecule has 1 aromatic rings. The fraction of sp³-hybridized carbons (Fsp3) is 0.417. The number of Topliss-reactive ketones (excluding diaryl/α,β-unsaturated/α-hetero) is 1. The predicted octanol–water partition coefficient (Wildman–Crippen LogP) is 3.08. The van der Waals surface area contributed by atoms with E-state index in [0.717, 1.165) is 5.56 Å². The minimum atomic E-state index is 0.105. The molecule has 4 heteroatoms. The Bertz CT molecular complexity index is 388. The van der Waals surface area contributed by atoms with Crippen LogP contribution in [0.5, 0.6) is 11.5 Å². The molecular formula is C12H15BrO3. The number of carbonyl (C=O) groups excluding carboxylic acids is 1. The molecule has 0 aromatic heterocycles. The number of rotatable bonds is 5. The third kappa shape index (κ3) is 3.52. The van der Waals surface area contributed by atoms with Gasteiger partial charge in [0, 0.05) is 6.42 Å². The van der Waals surface area contributed by atoms with Crippen LogP contribution in [0.3, 0.4) is 0 Å². The van der Waals surface area contributed by atoms with Crippen LogP contribution in [0, 0.1) is 0 Å². The molecule has 88 valence electrons. The molecule has 0 radical (unpaired) electrons. The summed E-state index contributed by atoms with van der Waals surface area (Å²) in [7, 11) is 0. The van der Waals surface area contributed by atoms with Gasteiger partial charge in [-0.25, -0.2) is 0 Å². The van der Waals surface area contributed by atoms with E-state index in [4.69, 9.17) is 4.74 Å². The second-order valence-electron chi connectivity index (χ2n) is 3.56. The Hall–Kier alpha value is -1.03. The highest BCUT2D eigenvalue weighted by Gasteiger charge is 2.09. The Morgan fingerprint density at radius 3 is 2.75 bits per heavy atom. The van der Waals surface area contributed by atoms with E-state index in [9.17, 15) is 9.90 Å². The molecule has 0 spiro atoms. The number of aryl methyl sites for hydroxylation is 1. The minimum Gasteiger partial charge on any atom is -0.503 e. The zero-order valence-electron chi connectivity index (χ0n) is 9.42. The van der Waals surface area contributed by atoms with Crippen LogP contribution in [0.1, 0.15) is 25.8 Å². The first-order valence-corrected chi connectivity index (χ1v) is 5.97. The molecule has 16 heavy (non-hydrogen) atoms. The van der Waals surface area contributed by atoms with Crippen LogP contribution in [0.25, 0.3) is 0 Å². The maximum atomic E-state index is 10.9. The van der Waals surface area contributed by atoms with E-state index in [1.165, 1.54) is 0 Å². The van der Waals surface area contributed by atoms with Crippen LogP contribution in [0.15, 0.2) is 16.6 Å². The molecule has 3 nitrogen and oxygen atoms in total. The fourth-order valence-electron chi connectivity index (χ4n) is 1.36. The molecule has 0 aliphatic rings. The van der Waals surface area contributed by atoms with E-state index in [1.54, 1.807) is 19.1 Å². The van der Waals surface area contributed by atoms with E-state index < -0.39 is 0 Å². The first-order valence-electron chi connectivity index (χ1n) is 5.18. The van der Waals surface area contributed by atoms with Gasteiger partial charge in [-0.2, -0.15) is 0 Å². The predicted molar refractivity (Wildman–Crippen MR) is 66.0 cm³/mol. The van der Waals surface area contributed by atoms with Crippen molar-refractivity contribution in [2.24, 2.45) is 0 Å². The summed E-state index contributed by atoms with van der Waals surface area (Å²) in [5.74, 6) is 0.714. The zero-order chi connectivity index (χ0) is 12.1. The lowest BCUT2D eigenvalue weighted by atomic mass is 10.1. The summed E-state index contributed by atoms with van der Waals surface area (Å²) < 4.78 is 5.89. The number of phenols is 1. The number of carbonyl (C=O) groups is 1. The summed E-state index contributed by atoms with van der Waals surface area (Å²) in [6.07, 6.45) is 1.16. The van der Waals surface area contributed by atoms with Gasteiger partial charge in [0.1, 0.15) is 5.78 Å². The van der Waals surface area contributed by atoms with Crippen LogP contribution < -0.4 is 4.74 Å². The van der Waals surface area contributed by atoms with Crippen molar-refractivity contribution in [1.29, 1.82) is 0 Å². The van der Waals surface area contributed by atoms with E-state index in [0.29, 0.717) is 29.7 Å². The van der Waals surface area contributed by atoms with Crippen LogP contribution in [-0.2, 0) is 11.2 Å². The van der Waals surface area contributed by atoms with Crippen LogP contribution in [-0.4, -0.2) is 17.5 Å². The average Bonchev–Trinajstić information content (AvgIpc) is 2.22. The van der Waals surface area contributed by atoms with E-state index in [1.807, 2.05) is 6.92 Å². The second-order valence-corrected chi connectivity index (χ2v) is 4.41. The van der Waals surface area contributed by atoms with Gasteiger partial charge in [-0.15, -0.1) is 0 Å². The van der Waals surface area contributed by atoms with Gasteiger partial charge in [0.15, 0.2) is 11.5 Å². The van der Waals surface area contributed by atoms with Crippen LogP contribution in [0.2, 0.25) is 0 Å². The smallest absolute Gasteiger partial charge is 0.172 e. The molecule has 0 heterocycles. The molecular weight excluding hydrogens is 272 g/mol. The van der Waals surface area contributed by atoms with Crippen molar-refractivity contribution in [3.05, 3.63) is 22.2 Å². The summed E-state index contributed by atoms with van der Waals surface area (Å²) in [5.41, 5.74) is 0.975. The number of hydrogen-bond donors (Lipinski definition) is 1. The molecule has 1 aromatic carbocycles. The third-order valence-corrected chi connectivity index (χ3v) is 2.76. The topological polar surface area (TPSA) is 46.5 Å². The summed E-state index contributed by atoms with van der Waals surface area (Å²) in [6, 6.07) is 3.58. The average molecular weight is 287 g/mol. The summed E-state index contributed by atoms with van der Waals surface area (Å²) in [4.78, 5) is 10.9. The van der Waals surface area contributed by atoms with Crippen molar-refractivity contribution in [3.8, 4) is 11.5 Å². The fourth-order valence-corrected chi connectivity index (χ4v) is 1.85. The monoisotopic (exact) mass is 286 g/mol.